The Morgan fingerprint density at radius 1 is 1.60 bits per heavy atom. The standard InChI is InChI=1S/C9H16O/c1-4-7-9(6-3)10-8-5-2/h4-5,7,9H,2,6,8H2,1,3H3/b7-4+/t9-/m0/s1. The molecule has 1 heteroatoms. The Kier molecular flexibility index (Phi) is 6.19. The zero-order valence-corrected chi connectivity index (χ0v) is 6.84. The fourth-order valence-corrected chi connectivity index (χ4v) is 0.716. The molecule has 0 N–H and O–H groups in total. The van der Waals surface area contributed by atoms with Crippen LogP contribution in [0, 0.1) is 0 Å². The lowest BCUT2D eigenvalue weighted by molar-refractivity contribution is 0.106. The lowest BCUT2D eigenvalue weighted by Crippen LogP contribution is -2.07. The number of hydrogen-bond donors (Lipinski definition) is 0. The highest BCUT2D eigenvalue weighted by atomic mass is 16.5. The molecular weight excluding hydrogens is 124 g/mol. The lowest BCUT2D eigenvalue weighted by Gasteiger charge is -2.08. The van der Waals surface area contributed by atoms with E-state index in [1.54, 1.807) is 6.08 Å². The van der Waals surface area contributed by atoms with Crippen molar-refractivity contribution < 1.29 is 4.74 Å². The quantitative estimate of drug-likeness (QED) is 0.533. The first-order valence-corrected chi connectivity index (χ1v) is 3.70. The molecule has 1 atom stereocenters. The minimum absolute atomic E-state index is 0.267. The maximum absolute atomic E-state index is 5.38. The van der Waals surface area contributed by atoms with Crippen LogP contribution in [0.2, 0.25) is 0 Å². The summed E-state index contributed by atoms with van der Waals surface area (Å²) in [4.78, 5) is 0. The van der Waals surface area contributed by atoms with E-state index in [0.717, 1.165) is 6.42 Å². The first-order valence-electron chi connectivity index (χ1n) is 3.70. The minimum atomic E-state index is 0.267. The molecule has 0 amide bonds. The van der Waals surface area contributed by atoms with Gasteiger partial charge in [-0.1, -0.05) is 25.2 Å². The van der Waals surface area contributed by atoms with Crippen LogP contribution in [0.5, 0.6) is 0 Å². The lowest BCUT2D eigenvalue weighted by atomic mass is 10.2. The molecule has 0 bridgehead atoms. The van der Waals surface area contributed by atoms with Crippen molar-refractivity contribution in [3.63, 3.8) is 0 Å². The molecule has 0 spiro atoms. The average Bonchev–Trinajstić information content (AvgIpc) is 1.98. The van der Waals surface area contributed by atoms with E-state index in [-0.39, 0.29) is 6.10 Å². The fourth-order valence-electron chi connectivity index (χ4n) is 0.716. The second kappa shape index (κ2) is 6.56. The number of ether oxygens (including phenoxy) is 1. The van der Waals surface area contributed by atoms with E-state index in [9.17, 15) is 0 Å². The zero-order chi connectivity index (χ0) is 7.82. The Morgan fingerprint density at radius 2 is 2.30 bits per heavy atom. The van der Waals surface area contributed by atoms with Crippen LogP contribution in [0.25, 0.3) is 0 Å². The van der Waals surface area contributed by atoms with Gasteiger partial charge in [0.15, 0.2) is 0 Å². The van der Waals surface area contributed by atoms with Gasteiger partial charge in [0.1, 0.15) is 0 Å². The highest BCUT2D eigenvalue weighted by Crippen LogP contribution is 1.99. The Morgan fingerprint density at radius 3 is 2.70 bits per heavy atom. The van der Waals surface area contributed by atoms with E-state index in [1.165, 1.54) is 0 Å². The summed E-state index contributed by atoms with van der Waals surface area (Å²) in [5.41, 5.74) is 0. The van der Waals surface area contributed by atoms with Crippen molar-refractivity contribution in [2.75, 3.05) is 6.61 Å². The van der Waals surface area contributed by atoms with Gasteiger partial charge in [-0.2, -0.15) is 0 Å². The van der Waals surface area contributed by atoms with Gasteiger partial charge in [-0.15, -0.1) is 6.58 Å². The van der Waals surface area contributed by atoms with Gasteiger partial charge in [-0.25, -0.2) is 0 Å². The van der Waals surface area contributed by atoms with Gasteiger partial charge in [0.25, 0.3) is 0 Å². The second-order valence-corrected chi connectivity index (χ2v) is 2.09. The molecule has 1 nitrogen and oxygen atoms in total. The number of allylic oxidation sites excluding steroid dienone is 1. The summed E-state index contributed by atoms with van der Waals surface area (Å²) in [5, 5.41) is 0. The van der Waals surface area contributed by atoms with Crippen LogP contribution in [0.4, 0.5) is 0 Å². The third-order valence-corrected chi connectivity index (χ3v) is 1.24. The molecule has 0 aliphatic heterocycles. The zero-order valence-electron chi connectivity index (χ0n) is 6.84. The van der Waals surface area contributed by atoms with E-state index in [0.29, 0.717) is 6.61 Å². The van der Waals surface area contributed by atoms with Gasteiger partial charge < -0.3 is 4.74 Å². The smallest absolute Gasteiger partial charge is 0.0757 e. The molecule has 0 saturated heterocycles. The van der Waals surface area contributed by atoms with Crippen molar-refractivity contribution in [1.82, 2.24) is 0 Å². The largest absolute Gasteiger partial charge is 0.370 e. The van der Waals surface area contributed by atoms with E-state index < -0.39 is 0 Å². The van der Waals surface area contributed by atoms with Gasteiger partial charge >= 0.3 is 0 Å². The molecule has 58 valence electrons. The Hall–Kier alpha value is -0.560. The van der Waals surface area contributed by atoms with Crippen LogP contribution in [0.3, 0.4) is 0 Å². The second-order valence-electron chi connectivity index (χ2n) is 2.09. The van der Waals surface area contributed by atoms with Crippen LogP contribution in [0.15, 0.2) is 24.8 Å². The topological polar surface area (TPSA) is 9.23 Å². The van der Waals surface area contributed by atoms with Crippen LogP contribution in [-0.2, 0) is 4.74 Å². The third-order valence-electron chi connectivity index (χ3n) is 1.24. The van der Waals surface area contributed by atoms with Crippen LogP contribution in [-0.4, -0.2) is 12.7 Å². The van der Waals surface area contributed by atoms with Crippen LogP contribution < -0.4 is 0 Å². The summed E-state index contributed by atoms with van der Waals surface area (Å²) < 4.78 is 5.38. The van der Waals surface area contributed by atoms with Gasteiger partial charge in [-0.3, -0.25) is 0 Å². The molecule has 0 aromatic carbocycles. The van der Waals surface area contributed by atoms with E-state index in [1.807, 2.05) is 13.0 Å². The van der Waals surface area contributed by atoms with E-state index >= 15 is 0 Å². The summed E-state index contributed by atoms with van der Waals surface area (Å²) in [5.74, 6) is 0. The SMILES string of the molecule is C=CCO[C@H](/C=C/C)CC. The van der Waals surface area contributed by atoms with Crippen LogP contribution >= 0.6 is 0 Å². The summed E-state index contributed by atoms with van der Waals surface area (Å²) in [6, 6.07) is 0. The van der Waals surface area contributed by atoms with Gasteiger partial charge in [0.05, 0.1) is 12.7 Å². The summed E-state index contributed by atoms with van der Waals surface area (Å²) in [7, 11) is 0. The van der Waals surface area contributed by atoms with Gasteiger partial charge in [-0.05, 0) is 13.3 Å². The molecule has 0 aliphatic rings. The molecular formula is C9H16O. The minimum Gasteiger partial charge on any atom is -0.370 e. The van der Waals surface area contributed by atoms with Crippen molar-refractivity contribution in [1.29, 1.82) is 0 Å². The highest BCUT2D eigenvalue weighted by molar-refractivity contribution is 4.86. The molecule has 0 aromatic heterocycles. The Bertz CT molecular complexity index is 105. The summed E-state index contributed by atoms with van der Waals surface area (Å²) >= 11 is 0. The number of hydrogen-bond acceptors (Lipinski definition) is 1. The van der Waals surface area contributed by atoms with Crippen molar-refractivity contribution in [3.05, 3.63) is 24.8 Å². The maximum atomic E-state index is 5.38. The third kappa shape index (κ3) is 4.33. The molecule has 0 aliphatic carbocycles. The number of rotatable bonds is 5. The van der Waals surface area contributed by atoms with Crippen LogP contribution in [0.1, 0.15) is 20.3 Å². The molecule has 0 saturated carbocycles. The molecule has 10 heavy (non-hydrogen) atoms. The van der Waals surface area contributed by atoms with E-state index in [2.05, 4.69) is 19.6 Å². The Balaban J connectivity index is 3.49. The molecule has 0 radical (unpaired) electrons. The monoisotopic (exact) mass is 140 g/mol. The van der Waals surface area contributed by atoms with Crippen molar-refractivity contribution in [2.24, 2.45) is 0 Å². The predicted molar refractivity (Wildman–Crippen MR) is 45.0 cm³/mol. The van der Waals surface area contributed by atoms with E-state index in [4.69, 9.17) is 4.74 Å². The molecule has 0 aromatic rings. The molecule has 0 rings (SSSR count). The van der Waals surface area contributed by atoms with Crippen molar-refractivity contribution >= 4 is 0 Å². The highest BCUT2D eigenvalue weighted by Gasteiger charge is 1.97. The first kappa shape index (κ1) is 9.44. The maximum Gasteiger partial charge on any atom is 0.0757 e. The molecule has 0 heterocycles. The molecule has 0 fully saturated rings. The fraction of sp³-hybridized carbons (Fsp3) is 0.556. The Labute approximate surface area is 63.4 Å². The average molecular weight is 140 g/mol. The van der Waals surface area contributed by atoms with Crippen molar-refractivity contribution in [3.8, 4) is 0 Å². The van der Waals surface area contributed by atoms with Crippen molar-refractivity contribution in [2.45, 2.75) is 26.4 Å². The predicted octanol–water partition coefficient (Wildman–Crippen LogP) is 2.54. The first-order chi connectivity index (χ1) is 4.85. The molecule has 0 unspecified atom stereocenters. The normalized spacial score (nSPS) is 13.8. The van der Waals surface area contributed by atoms with Gasteiger partial charge in [0, 0.05) is 0 Å². The summed E-state index contributed by atoms with van der Waals surface area (Å²) in [6.45, 7) is 8.32. The summed E-state index contributed by atoms with van der Waals surface area (Å²) in [6.07, 6.45) is 7.13. The van der Waals surface area contributed by atoms with Gasteiger partial charge in [0.2, 0.25) is 0 Å².